The first kappa shape index (κ1) is 14.3. The number of nitrogens with zero attached hydrogens (tertiary/aromatic N) is 2. The van der Waals surface area contributed by atoms with Crippen LogP contribution in [0.5, 0.6) is 0 Å². The molecule has 21 heavy (non-hydrogen) atoms. The highest BCUT2D eigenvalue weighted by Crippen LogP contribution is 2.39. The zero-order valence-corrected chi connectivity index (χ0v) is 13.0. The number of aliphatic hydroxyl groups excluding tert-OH is 1. The summed E-state index contributed by atoms with van der Waals surface area (Å²) in [7, 11) is 0. The van der Waals surface area contributed by atoms with Gasteiger partial charge in [-0.3, -0.25) is 4.68 Å². The van der Waals surface area contributed by atoms with Crippen LogP contribution in [0.3, 0.4) is 0 Å². The van der Waals surface area contributed by atoms with Crippen molar-refractivity contribution in [2.45, 2.75) is 51.5 Å². The van der Waals surface area contributed by atoms with E-state index in [9.17, 15) is 5.11 Å². The zero-order valence-electron chi connectivity index (χ0n) is 13.0. The number of hydrogen-bond donors (Lipinski definition) is 1. The molecule has 0 spiro atoms. The van der Waals surface area contributed by atoms with Crippen molar-refractivity contribution in [3.8, 4) is 0 Å². The second-order valence-electron chi connectivity index (χ2n) is 6.22. The van der Waals surface area contributed by atoms with E-state index >= 15 is 0 Å². The molecule has 3 nitrogen and oxygen atoms in total. The van der Waals surface area contributed by atoms with Crippen LogP contribution in [0.15, 0.2) is 30.3 Å². The van der Waals surface area contributed by atoms with Crippen LogP contribution in [0.2, 0.25) is 0 Å². The standard InChI is InChI=1S/C18H24N2O/c1-3-20-16(11-14(2)19-20)12-18(13-21)10-6-8-15-7-4-5-9-17(15)18/h4-5,7,9,11,21H,3,6,8,10,12-13H2,1-2H3. The molecular weight excluding hydrogens is 260 g/mol. The van der Waals surface area contributed by atoms with Crippen molar-refractivity contribution in [3.63, 3.8) is 0 Å². The number of benzene rings is 1. The largest absolute Gasteiger partial charge is 0.395 e. The first-order valence-electron chi connectivity index (χ1n) is 7.91. The van der Waals surface area contributed by atoms with Gasteiger partial charge in [0.2, 0.25) is 0 Å². The van der Waals surface area contributed by atoms with Gasteiger partial charge >= 0.3 is 0 Å². The molecule has 1 aliphatic rings. The van der Waals surface area contributed by atoms with Crippen LogP contribution in [-0.4, -0.2) is 21.5 Å². The highest BCUT2D eigenvalue weighted by molar-refractivity contribution is 5.38. The van der Waals surface area contributed by atoms with E-state index < -0.39 is 0 Å². The van der Waals surface area contributed by atoms with E-state index in [2.05, 4.69) is 47.0 Å². The molecule has 1 atom stereocenters. The van der Waals surface area contributed by atoms with Gasteiger partial charge in [0.05, 0.1) is 12.3 Å². The molecule has 1 aromatic heterocycles. The van der Waals surface area contributed by atoms with Gasteiger partial charge in [0, 0.05) is 24.1 Å². The summed E-state index contributed by atoms with van der Waals surface area (Å²) in [6.07, 6.45) is 4.20. The molecule has 0 amide bonds. The molecule has 0 bridgehead atoms. The number of fused-ring (bicyclic) bond motifs is 1. The van der Waals surface area contributed by atoms with Crippen LogP contribution >= 0.6 is 0 Å². The lowest BCUT2D eigenvalue weighted by atomic mass is 9.68. The molecule has 112 valence electrons. The van der Waals surface area contributed by atoms with Gasteiger partial charge in [-0.2, -0.15) is 5.10 Å². The minimum atomic E-state index is -0.145. The van der Waals surface area contributed by atoms with Crippen LogP contribution in [0.25, 0.3) is 0 Å². The summed E-state index contributed by atoms with van der Waals surface area (Å²) in [5.74, 6) is 0. The van der Waals surface area contributed by atoms with E-state index in [1.807, 2.05) is 6.92 Å². The lowest BCUT2D eigenvalue weighted by Gasteiger charge is -2.38. The van der Waals surface area contributed by atoms with Crippen molar-refractivity contribution in [2.24, 2.45) is 0 Å². The molecule has 1 aromatic carbocycles. The van der Waals surface area contributed by atoms with Crippen molar-refractivity contribution < 1.29 is 5.11 Å². The van der Waals surface area contributed by atoms with Crippen molar-refractivity contribution in [3.05, 3.63) is 52.8 Å². The van der Waals surface area contributed by atoms with Crippen molar-refractivity contribution in [2.75, 3.05) is 6.61 Å². The molecule has 0 saturated heterocycles. The molecule has 0 radical (unpaired) electrons. The highest BCUT2D eigenvalue weighted by atomic mass is 16.3. The number of aryl methyl sites for hydroxylation is 3. The number of rotatable bonds is 4. The maximum Gasteiger partial charge on any atom is 0.0596 e. The minimum Gasteiger partial charge on any atom is -0.395 e. The van der Waals surface area contributed by atoms with Gasteiger partial charge in [0.1, 0.15) is 0 Å². The molecule has 2 aromatic rings. The van der Waals surface area contributed by atoms with E-state index in [-0.39, 0.29) is 12.0 Å². The lowest BCUT2D eigenvalue weighted by Crippen LogP contribution is -2.37. The quantitative estimate of drug-likeness (QED) is 0.937. The Hall–Kier alpha value is -1.61. The second kappa shape index (κ2) is 5.64. The van der Waals surface area contributed by atoms with E-state index in [0.29, 0.717) is 0 Å². The Morgan fingerprint density at radius 1 is 1.33 bits per heavy atom. The molecule has 1 unspecified atom stereocenters. The lowest BCUT2D eigenvalue weighted by molar-refractivity contribution is 0.171. The second-order valence-corrected chi connectivity index (χ2v) is 6.22. The summed E-state index contributed by atoms with van der Waals surface area (Å²) in [6, 6.07) is 10.8. The van der Waals surface area contributed by atoms with E-state index in [4.69, 9.17) is 0 Å². The Morgan fingerprint density at radius 2 is 2.14 bits per heavy atom. The van der Waals surface area contributed by atoms with Crippen LogP contribution in [0.4, 0.5) is 0 Å². The van der Waals surface area contributed by atoms with E-state index in [1.165, 1.54) is 16.8 Å². The highest BCUT2D eigenvalue weighted by Gasteiger charge is 2.36. The number of aliphatic hydroxyl groups is 1. The molecular formula is C18H24N2O. The summed E-state index contributed by atoms with van der Waals surface area (Å²) in [6.45, 7) is 5.25. The average molecular weight is 284 g/mol. The van der Waals surface area contributed by atoms with Crippen LogP contribution in [0, 0.1) is 6.92 Å². The third kappa shape index (κ3) is 2.51. The van der Waals surface area contributed by atoms with Gasteiger partial charge in [-0.1, -0.05) is 24.3 Å². The maximum absolute atomic E-state index is 10.2. The molecule has 0 fully saturated rings. The average Bonchev–Trinajstić information content (AvgIpc) is 2.87. The van der Waals surface area contributed by atoms with Crippen molar-refractivity contribution >= 4 is 0 Å². The molecule has 3 heteroatoms. The third-order valence-electron chi connectivity index (χ3n) is 4.80. The first-order chi connectivity index (χ1) is 10.2. The molecule has 0 saturated carbocycles. The molecule has 0 aliphatic heterocycles. The zero-order chi connectivity index (χ0) is 14.9. The van der Waals surface area contributed by atoms with Gasteiger partial charge in [0.25, 0.3) is 0 Å². The Morgan fingerprint density at radius 3 is 2.90 bits per heavy atom. The fourth-order valence-electron chi connectivity index (χ4n) is 3.77. The van der Waals surface area contributed by atoms with Gasteiger partial charge in [-0.05, 0) is 50.3 Å². The number of hydrogen-bond acceptors (Lipinski definition) is 2. The summed E-state index contributed by atoms with van der Waals surface area (Å²) < 4.78 is 2.07. The smallest absolute Gasteiger partial charge is 0.0596 e. The molecule has 1 N–H and O–H groups in total. The summed E-state index contributed by atoms with van der Waals surface area (Å²) in [4.78, 5) is 0. The van der Waals surface area contributed by atoms with Crippen molar-refractivity contribution in [1.29, 1.82) is 0 Å². The van der Waals surface area contributed by atoms with E-state index in [0.717, 1.165) is 37.9 Å². The number of aromatic nitrogens is 2. The summed E-state index contributed by atoms with van der Waals surface area (Å²) >= 11 is 0. The topological polar surface area (TPSA) is 38.0 Å². The normalized spacial score (nSPS) is 21.3. The molecule has 3 rings (SSSR count). The predicted molar refractivity (Wildman–Crippen MR) is 84.5 cm³/mol. The predicted octanol–water partition coefficient (Wildman–Crippen LogP) is 3.02. The summed E-state index contributed by atoms with van der Waals surface area (Å²) in [5, 5.41) is 14.7. The first-order valence-corrected chi connectivity index (χ1v) is 7.91. The third-order valence-corrected chi connectivity index (χ3v) is 4.80. The monoisotopic (exact) mass is 284 g/mol. The fourth-order valence-corrected chi connectivity index (χ4v) is 3.77. The minimum absolute atomic E-state index is 0.145. The Labute approximate surface area is 126 Å². The van der Waals surface area contributed by atoms with Crippen molar-refractivity contribution in [1.82, 2.24) is 9.78 Å². The molecule has 1 aliphatic carbocycles. The Bertz CT molecular complexity index is 632. The van der Waals surface area contributed by atoms with E-state index in [1.54, 1.807) is 0 Å². The maximum atomic E-state index is 10.2. The SMILES string of the molecule is CCn1nc(C)cc1CC1(CO)CCCc2ccccc21. The fraction of sp³-hybridized carbons (Fsp3) is 0.500. The van der Waals surface area contributed by atoms with Gasteiger partial charge in [0.15, 0.2) is 0 Å². The van der Waals surface area contributed by atoms with Crippen LogP contribution in [-0.2, 0) is 24.8 Å². The van der Waals surface area contributed by atoms with Gasteiger partial charge < -0.3 is 5.11 Å². The van der Waals surface area contributed by atoms with Crippen LogP contribution < -0.4 is 0 Å². The Balaban J connectivity index is 2.02. The van der Waals surface area contributed by atoms with Gasteiger partial charge in [-0.15, -0.1) is 0 Å². The molecule has 1 heterocycles. The summed E-state index contributed by atoms with van der Waals surface area (Å²) in [5.41, 5.74) is 4.89. The Kier molecular flexibility index (Phi) is 3.85. The van der Waals surface area contributed by atoms with Gasteiger partial charge in [-0.25, -0.2) is 0 Å². The van der Waals surface area contributed by atoms with Crippen LogP contribution in [0.1, 0.15) is 42.3 Å².